The number of benzene rings is 2. The van der Waals surface area contributed by atoms with Crippen molar-refractivity contribution in [1.29, 1.82) is 0 Å². The van der Waals surface area contributed by atoms with E-state index in [2.05, 4.69) is 9.97 Å². The normalized spacial score (nSPS) is 10.9. The number of hydrogen-bond donors (Lipinski definition) is 0. The topological polar surface area (TPSA) is 61.3 Å². The van der Waals surface area contributed by atoms with E-state index in [1.165, 1.54) is 29.8 Å². The Balaban J connectivity index is 1.33. The molecule has 0 saturated carbocycles. The van der Waals surface area contributed by atoms with Gasteiger partial charge in [-0.25, -0.2) is 14.4 Å². The molecule has 0 radical (unpaired) electrons. The van der Waals surface area contributed by atoms with E-state index in [1.807, 2.05) is 36.6 Å². The number of carbonyl (C=O) groups is 1. The molecule has 2 aromatic heterocycles. The van der Waals surface area contributed by atoms with Gasteiger partial charge in [-0.15, -0.1) is 11.3 Å². The Labute approximate surface area is 189 Å². The van der Waals surface area contributed by atoms with Crippen molar-refractivity contribution in [3.05, 3.63) is 71.6 Å². The Morgan fingerprint density at radius 1 is 1.00 bits per heavy atom. The van der Waals surface area contributed by atoms with E-state index in [0.29, 0.717) is 38.4 Å². The minimum Gasteiger partial charge on any atom is -0.493 e. The zero-order valence-electron chi connectivity index (χ0n) is 17.7. The van der Waals surface area contributed by atoms with Gasteiger partial charge in [-0.05, 0) is 35.4 Å². The van der Waals surface area contributed by atoms with Crippen LogP contribution < -0.4 is 9.47 Å². The number of ketones is 1. The van der Waals surface area contributed by atoms with Crippen LogP contribution in [0.3, 0.4) is 0 Å². The average Bonchev–Trinajstić information content (AvgIpc) is 3.25. The van der Waals surface area contributed by atoms with Crippen LogP contribution in [-0.2, 0) is 11.2 Å². The average molecular weight is 451 g/mol. The molecule has 2 heterocycles. The summed E-state index contributed by atoms with van der Waals surface area (Å²) in [6.45, 7) is 2.81. The van der Waals surface area contributed by atoms with Crippen molar-refractivity contribution in [1.82, 2.24) is 9.97 Å². The molecule has 32 heavy (non-hydrogen) atoms. The van der Waals surface area contributed by atoms with E-state index in [1.54, 1.807) is 12.1 Å². The van der Waals surface area contributed by atoms with Gasteiger partial charge in [-0.1, -0.05) is 31.2 Å². The standard InChI is InChI=1S/C25H23FN2O3S/c1-2-20(29)14-17-4-10-21(11-5-17)30-12-3-13-31-24-23-22(15-32-25(23)28-16-27-24)18-6-8-19(26)9-7-18/h4-11,15-16H,2-3,12-14H2,1H3. The maximum atomic E-state index is 13.3. The van der Waals surface area contributed by atoms with Crippen molar-refractivity contribution in [2.45, 2.75) is 26.2 Å². The molecule has 4 aromatic rings. The van der Waals surface area contributed by atoms with E-state index >= 15 is 0 Å². The number of rotatable bonds is 10. The van der Waals surface area contributed by atoms with Crippen molar-refractivity contribution in [3.63, 3.8) is 0 Å². The molecule has 0 saturated heterocycles. The summed E-state index contributed by atoms with van der Waals surface area (Å²) in [4.78, 5) is 21.0. The molecular weight excluding hydrogens is 427 g/mol. The molecule has 0 atom stereocenters. The number of thiophene rings is 1. The van der Waals surface area contributed by atoms with Crippen LogP contribution in [0.2, 0.25) is 0 Å². The lowest BCUT2D eigenvalue weighted by molar-refractivity contribution is -0.118. The molecule has 0 unspecified atom stereocenters. The lowest BCUT2D eigenvalue weighted by atomic mass is 10.1. The van der Waals surface area contributed by atoms with Gasteiger partial charge in [0.25, 0.3) is 0 Å². The third kappa shape index (κ3) is 5.29. The fraction of sp³-hybridized carbons (Fsp3) is 0.240. The first-order valence-electron chi connectivity index (χ1n) is 10.5. The highest BCUT2D eigenvalue weighted by Crippen LogP contribution is 2.37. The summed E-state index contributed by atoms with van der Waals surface area (Å²) in [5, 5.41) is 2.82. The van der Waals surface area contributed by atoms with Crippen LogP contribution in [0.15, 0.2) is 60.2 Å². The Bertz CT molecular complexity index is 1190. The molecule has 0 bridgehead atoms. The molecule has 164 valence electrons. The molecule has 0 aliphatic heterocycles. The van der Waals surface area contributed by atoms with Crippen molar-refractivity contribution in [3.8, 4) is 22.8 Å². The number of aromatic nitrogens is 2. The molecule has 2 aromatic carbocycles. The Morgan fingerprint density at radius 3 is 2.50 bits per heavy atom. The SMILES string of the molecule is CCC(=O)Cc1ccc(OCCCOc2ncnc3scc(-c4ccc(F)cc4)c23)cc1. The van der Waals surface area contributed by atoms with E-state index in [4.69, 9.17) is 9.47 Å². The molecule has 4 rings (SSSR count). The Hall–Kier alpha value is -3.32. The van der Waals surface area contributed by atoms with Gasteiger partial charge in [0.2, 0.25) is 5.88 Å². The van der Waals surface area contributed by atoms with E-state index < -0.39 is 0 Å². The van der Waals surface area contributed by atoms with Gasteiger partial charge >= 0.3 is 0 Å². The highest BCUT2D eigenvalue weighted by molar-refractivity contribution is 7.17. The minimum atomic E-state index is -0.273. The molecule has 7 heteroatoms. The zero-order chi connectivity index (χ0) is 22.3. The third-order valence-electron chi connectivity index (χ3n) is 5.01. The van der Waals surface area contributed by atoms with Crippen molar-refractivity contribution >= 4 is 27.3 Å². The van der Waals surface area contributed by atoms with E-state index in [-0.39, 0.29) is 11.6 Å². The monoisotopic (exact) mass is 450 g/mol. The van der Waals surface area contributed by atoms with Crippen molar-refractivity contribution < 1.29 is 18.7 Å². The lowest BCUT2D eigenvalue weighted by Crippen LogP contribution is -2.06. The Morgan fingerprint density at radius 2 is 1.75 bits per heavy atom. The van der Waals surface area contributed by atoms with Crippen LogP contribution in [0.5, 0.6) is 11.6 Å². The zero-order valence-corrected chi connectivity index (χ0v) is 18.5. The summed E-state index contributed by atoms with van der Waals surface area (Å²) in [5.41, 5.74) is 2.82. The molecule has 0 amide bonds. The Kier molecular flexibility index (Phi) is 7.07. The highest BCUT2D eigenvalue weighted by atomic mass is 32.1. The maximum absolute atomic E-state index is 13.3. The fourth-order valence-corrected chi connectivity index (χ4v) is 4.18. The third-order valence-corrected chi connectivity index (χ3v) is 5.89. The molecule has 0 aliphatic carbocycles. The second-order valence-corrected chi connectivity index (χ2v) is 8.14. The maximum Gasteiger partial charge on any atom is 0.225 e. The number of fused-ring (bicyclic) bond motifs is 1. The second-order valence-electron chi connectivity index (χ2n) is 7.28. The summed E-state index contributed by atoms with van der Waals surface area (Å²) in [5.74, 6) is 1.23. The predicted octanol–water partition coefficient (Wildman–Crippen LogP) is 5.87. The predicted molar refractivity (Wildman–Crippen MR) is 124 cm³/mol. The summed E-state index contributed by atoms with van der Waals surface area (Å²) >= 11 is 1.50. The van der Waals surface area contributed by atoms with Crippen LogP contribution in [0.4, 0.5) is 4.39 Å². The van der Waals surface area contributed by atoms with Crippen molar-refractivity contribution in [2.75, 3.05) is 13.2 Å². The number of ether oxygens (including phenoxy) is 2. The summed E-state index contributed by atoms with van der Waals surface area (Å²) in [7, 11) is 0. The molecule has 0 fully saturated rings. The molecule has 0 aliphatic rings. The number of halogens is 1. The number of nitrogens with zero attached hydrogens (tertiary/aromatic N) is 2. The van der Waals surface area contributed by atoms with Gasteiger partial charge < -0.3 is 9.47 Å². The highest BCUT2D eigenvalue weighted by Gasteiger charge is 2.14. The van der Waals surface area contributed by atoms with Crippen LogP contribution >= 0.6 is 11.3 Å². The summed E-state index contributed by atoms with van der Waals surface area (Å²) in [6, 6.07) is 14.0. The van der Waals surface area contributed by atoms with Gasteiger partial charge in [-0.2, -0.15) is 0 Å². The largest absolute Gasteiger partial charge is 0.493 e. The number of carbonyl (C=O) groups excluding carboxylic acids is 1. The van der Waals surface area contributed by atoms with Gasteiger partial charge in [0.1, 0.15) is 28.5 Å². The van der Waals surface area contributed by atoms with Crippen LogP contribution in [0.1, 0.15) is 25.3 Å². The van der Waals surface area contributed by atoms with Gasteiger partial charge in [0, 0.05) is 30.2 Å². The first kappa shape index (κ1) is 21.9. The lowest BCUT2D eigenvalue weighted by Gasteiger charge is -2.09. The smallest absolute Gasteiger partial charge is 0.225 e. The molecular formula is C25H23FN2O3S. The summed E-state index contributed by atoms with van der Waals surface area (Å²) in [6.07, 6.45) is 3.18. The number of hydrogen-bond acceptors (Lipinski definition) is 6. The van der Waals surface area contributed by atoms with Crippen molar-refractivity contribution in [2.24, 2.45) is 0 Å². The molecule has 0 spiro atoms. The minimum absolute atomic E-state index is 0.225. The molecule has 0 N–H and O–H groups in total. The fourth-order valence-electron chi connectivity index (χ4n) is 3.27. The van der Waals surface area contributed by atoms with Crippen LogP contribution in [0, 0.1) is 5.82 Å². The van der Waals surface area contributed by atoms with Crippen LogP contribution in [-0.4, -0.2) is 29.0 Å². The first-order valence-corrected chi connectivity index (χ1v) is 11.4. The van der Waals surface area contributed by atoms with Crippen LogP contribution in [0.25, 0.3) is 21.3 Å². The second kappa shape index (κ2) is 10.3. The molecule has 5 nitrogen and oxygen atoms in total. The van der Waals surface area contributed by atoms with Gasteiger partial charge in [0.05, 0.1) is 18.6 Å². The first-order chi connectivity index (χ1) is 15.6. The summed E-state index contributed by atoms with van der Waals surface area (Å²) < 4.78 is 25.0. The number of Topliss-reactive ketones (excluding diaryl/α,β-unsaturated/α-hetero) is 1. The van der Waals surface area contributed by atoms with Gasteiger partial charge in [0.15, 0.2) is 0 Å². The van der Waals surface area contributed by atoms with Gasteiger partial charge in [-0.3, -0.25) is 4.79 Å². The quantitative estimate of drug-likeness (QED) is 0.283. The van der Waals surface area contributed by atoms with E-state index in [9.17, 15) is 9.18 Å². The van der Waals surface area contributed by atoms with E-state index in [0.717, 1.165) is 32.7 Å².